The summed E-state index contributed by atoms with van der Waals surface area (Å²) >= 11 is 5.03. The molecule has 3 aromatic rings. The van der Waals surface area contributed by atoms with E-state index in [4.69, 9.17) is 12.2 Å². The molecular weight excluding hydrogens is 456 g/mol. The Kier molecular flexibility index (Phi) is 7.88. The fourth-order valence-electron chi connectivity index (χ4n) is 3.53. The topological polar surface area (TPSA) is 90.5 Å². The van der Waals surface area contributed by atoms with Crippen molar-refractivity contribution in [3.8, 4) is 0 Å². The molecule has 0 radical (unpaired) electrons. The first-order valence-corrected chi connectivity index (χ1v) is 12.5. The van der Waals surface area contributed by atoms with Crippen molar-refractivity contribution in [3.63, 3.8) is 0 Å². The summed E-state index contributed by atoms with van der Waals surface area (Å²) in [4.78, 5) is 12.6. The number of carbonyl (C=O) groups excluding carboxylic acids is 1. The molecule has 0 bridgehead atoms. The van der Waals surface area contributed by atoms with Crippen LogP contribution in [-0.2, 0) is 14.8 Å². The quantitative estimate of drug-likeness (QED) is 0.351. The number of thiocarbonyl (C=S) groups is 1. The number of benzene rings is 3. The van der Waals surface area contributed by atoms with E-state index in [0.717, 1.165) is 21.9 Å². The molecule has 0 saturated carbocycles. The van der Waals surface area contributed by atoms with E-state index >= 15 is 0 Å². The van der Waals surface area contributed by atoms with E-state index < -0.39 is 10.0 Å². The Balaban J connectivity index is 1.90. The number of hydrazine groups is 1. The van der Waals surface area contributed by atoms with Crippen LogP contribution in [0.5, 0.6) is 0 Å². The summed E-state index contributed by atoms with van der Waals surface area (Å²) in [5.41, 5.74) is 7.50. The van der Waals surface area contributed by atoms with Gasteiger partial charge in [-0.1, -0.05) is 36.4 Å². The lowest BCUT2D eigenvalue weighted by molar-refractivity contribution is -0.121. The van der Waals surface area contributed by atoms with Crippen molar-refractivity contribution in [2.75, 3.05) is 17.4 Å². The second-order valence-electron chi connectivity index (χ2n) is 7.71. The van der Waals surface area contributed by atoms with Crippen LogP contribution in [-0.4, -0.2) is 32.5 Å². The molecule has 0 aromatic heterocycles. The predicted octanol–water partition coefficient (Wildman–Crippen LogP) is 3.56. The molecule has 0 aliphatic heterocycles. The first-order valence-electron chi connectivity index (χ1n) is 10.6. The number of sulfonamides is 1. The lowest BCUT2D eigenvalue weighted by Crippen LogP contribution is -2.47. The van der Waals surface area contributed by atoms with E-state index in [9.17, 15) is 13.2 Å². The number of rotatable bonds is 7. The van der Waals surface area contributed by atoms with Crippen LogP contribution >= 0.6 is 12.2 Å². The van der Waals surface area contributed by atoms with Crippen LogP contribution < -0.4 is 20.5 Å². The van der Waals surface area contributed by atoms with Crippen molar-refractivity contribution in [1.82, 2.24) is 16.2 Å². The average molecular weight is 485 g/mol. The number of hydrogen-bond acceptors (Lipinski definition) is 4. The largest absolute Gasteiger partial charge is 0.362 e. The van der Waals surface area contributed by atoms with Crippen molar-refractivity contribution in [2.45, 2.75) is 32.1 Å². The van der Waals surface area contributed by atoms with Gasteiger partial charge in [0, 0.05) is 19.5 Å². The zero-order chi connectivity index (χ0) is 24.0. The summed E-state index contributed by atoms with van der Waals surface area (Å²) in [6.07, 6.45) is -0.0540. The number of amides is 1. The molecule has 0 saturated heterocycles. The Morgan fingerprint density at radius 2 is 1.61 bits per heavy atom. The van der Waals surface area contributed by atoms with Crippen molar-refractivity contribution in [2.24, 2.45) is 0 Å². The van der Waals surface area contributed by atoms with Crippen LogP contribution in [0.15, 0.2) is 65.6 Å². The van der Waals surface area contributed by atoms with Crippen molar-refractivity contribution < 1.29 is 13.2 Å². The van der Waals surface area contributed by atoms with Gasteiger partial charge in [-0.2, -0.15) is 0 Å². The second-order valence-corrected chi connectivity index (χ2v) is 9.99. The number of nitrogens with one attached hydrogen (secondary N) is 3. The third-order valence-electron chi connectivity index (χ3n) is 5.00. The standard InChI is InChI=1S/C24H28N4O3S2/c1-4-25-24(32)27-26-23(29)11-12-28(21-14-17(2)13-18(3)15-21)33(30,31)22-10-9-19-7-5-6-8-20(19)16-22/h5-10,13-16H,4,11-12H2,1-3H3,(H,26,29)(H2,25,27,32). The zero-order valence-electron chi connectivity index (χ0n) is 18.9. The Labute approximate surface area is 200 Å². The maximum Gasteiger partial charge on any atom is 0.264 e. The minimum atomic E-state index is -3.92. The number of nitrogens with zero attached hydrogens (tertiary/aromatic N) is 1. The molecule has 0 unspecified atom stereocenters. The molecule has 0 aliphatic rings. The highest BCUT2D eigenvalue weighted by Crippen LogP contribution is 2.28. The monoisotopic (exact) mass is 484 g/mol. The maximum absolute atomic E-state index is 13.7. The Bertz CT molecular complexity index is 1260. The van der Waals surface area contributed by atoms with Crippen LogP contribution in [0.1, 0.15) is 24.5 Å². The first-order chi connectivity index (χ1) is 15.7. The van der Waals surface area contributed by atoms with Gasteiger partial charge in [0.15, 0.2) is 5.11 Å². The van der Waals surface area contributed by atoms with Gasteiger partial charge in [-0.05, 0) is 79.2 Å². The van der Waals surface area contributed by atoms with Crippen LogP contribution in [0.4, 0.5) is 5.69 Å². The Morgan fingerprint density at radius 3 is 2.27 bits per heavy atom. The Hall–Kier alpha value is -3.17. The summed E-state index contributed by atoms with van der Waals surface area (Å²) in [6, 6.07) is 18.2. The van der Waals surface area contributed by atoms with E-state index in [2.05, 4.69) is 16.2 Å². The highest BCUT2D eigenvalue weighted by atomic mass is 32.2. The average Bonchev–Trinajstić information content (AvgIpc) is 2.77. The molecule has 1 amide bonds. The molecule has 0 atom stereocenters. The fraction of sp³-hybridized carbons (Fsp3) is 0.250. The number of hydrogen-bond donors (Lipinski definition) is 3. The first kappa shape index (κ1) is 24.5. The van der Waals surface area contributed by atoms with Crippen molar-refractivity contribution in [1.29, 1.82) is 0 Å². The molecule has 33 heavy (non-hydrogen) atoms. The van der Waals surface area contributed by atoms with E-state index in [1.54, 1.807) is 18.2 Å². The van der Waals surface area contributed by atoms with Crippen LogP contribution in [0, 0.1) is 13.8 Å². The summed E-state index contributed by atoms with van der Waals surface area (Å²) < 4.78 is 28.7. The van der Waals surface area contributed by atoms with Gasteiger partial charge in [0.1, 0.15) is 0 Å². The molecule has 0 aliphatic carbocycles. The highest BCUT2D eigenvalue weighted by Gasteiger charge is 2.26. The molecule has 3 rings (SSSR count). The molecule has 174 valence electrons. The number of anilines is 1. The van der Waals surface area contributed by atoms with Crippen molar-refractivity contribution in [3.05, 3.63) is 71.8 Å². The molecule has 7 nitrogen and oxygen atoms in total. The zero-order valence-corrected chi connectivity index (χ0v) is 20.5. The molecular formula is C24H28N4O3S2. The van der Waals surface area contributed by atoms with Crippen LogP contribution in [0.2, 0.25) is 0 Å². The summed E-state index contributed by atoms with van der Waals surface area (Å²) in [7, 11) is -3.92. The third kappa shape index (κ3) is 6.21. The SMILES string of the molecule is CCNC(=S)NNC(=O)CCN(c1cc(C)cc(C)c1)S(=O)(=O)c1ccc2ccccc2c1. The lowest BCUT2D eigenvalue weighted by atomic mass is 10.1. The van der Waals surface area contributed by atoms with Gasteiger partial charge in [0.25, 0.3) is 10.0 Å². The normalized spacial score (nSPS) is 11.1. The molecule has 0 fully saturated rings. The highest BCUT2D eigenvalue weighted by molar-refractivity contribution is 7.92. The summed E-state index contributed by atoms with van der Waals surface area (Å²) in [6.45, 7) is 6.30. The number of aryl methyl sites for hydroxylation is 2. The molecule has 0 heterocycles. The van der Waals surface area contributed by atoms with Gasteiger partial charge in [0.05, 0.1) is 10.6 Å². The van der Waals surface area contributed by atoms with Crippen molar-refractivity contribution >= 4 is 49.7 Å². The predicted molar refractivity (Wildman–Crippen MR) is 137 cm³/mol. The van der Waals surface area contributed by atoms with E-state index in [-0.39, 0.29) is 23.8 Å². The van der Waals surface area contributed by atoms with Crippen LogP contribution in [0.25, 0.3) is 10.8 Å². The van der Waals surface area contributed by atoms with E-state index in [0.29, 0.717) is 17.3 Å². The van der Waals surface area contributed by atoms with E-state index in [1.807, 2.05) is 63.2 Å². The molecule has 3 aromatic carbocycles. The second kappa shape index (κ2) is 10.6. The minimum absolute atomic E-state index is 0.0282. The summed E-state index contributed by atoms with van der Waals surface area (Å²) in [5, 5.41) is 4.94. The lowest BCUT2D eigenvalue weighted by Gasteiger charge is -2.25. The fourth-order valence-corrected chi connectivity index (χ4v) is 5.21. The van der Waals surface area contributed by atoms with E-state index in [1.165, 1.54) is 4.31 Å². The summed E-state index contributed by atoms with van der Waals surface area (Å²) in [5.74, 6) is -0.377. The smallest absolute Gasteiger partial charge is 0.264 e. The minimum Gasteiger partial charge on any atom is -0.362 e. The van der Waals surface area contributed by atoms with Gasteiger partial charge in [-0.25, -0.2) is 8.42 Å². The van der Waals surface area contributed by atoms with Gasteiger partial charge in [-0.15, -0.1) is 0 Å². The molecule has 3 N–H and O–H groups in total. The van der Waals surface area contributed by atoms with Gasteiger partial charge < -0.3 is 5.32 Å². The van der Waals surface area contributed by atoms with Crippen LogP contribution in [0.3, 0.4) is 0 Å². The number of fused-ring (bicyclic) bond motifs is 1. The molecule has 9 heteroatoms. The number of carbonyl (C=O) groups is 1. The van der Waals surface area contributed by atoms with Gasteiger partial charge in [-0.3, -0.25) is 20.0 Å². The van der Waals surface area contributed by atoms with Gasteiger partial charge >= 0.3 is 0 Å². The maximum atomic E-state index is 13.7. The molecule has 0 spiro atoms. The Morgan fingerprint density at radius 1 is 0.939 bits per heavy atom. The third-order valence-corrected chi connectivity index (χ3v) is 7.07. The van der Waals surface area contributed by atoms with Gasteiger partial charge in [0.2, 0.25) is 5.91 Å².